The fourth-order valence-electron chi connectivity index (χ4n) is 2.06. The Balaban J connectivity index is 1.86. The molecule has 1 aromatic carbocycles. The summed E-state index contributed by atoms with van der Waals surface area (Å²) in [6.07, 6.45) is 1.37. The average Bonchev–Trinajstić information content (AvgIpc) is 3.29. The zero-order chi connectivity index (χ0) is 19.4. The molecule has 0 saturated heterocycles. The lowest BCUT2D eigenvalue weighted by atomic mass is 10.2. The van der Waals surface area contributed by atoms with Crippen LogP contribution in [-0.2, 0) is 4.79 Å². The van der Waals surface area contributed by atoms with Crippen LogP contribution in [0.1, 0.15) is 5.76 Å². The molecule has 0 radical (unpaired) electrons. The maximum Gasteiger partial charge on any atom is 0.342 e. The fraction of sp³-hybridized carbons (Fsp3) is 0.118. The van der Waals surface area contributed by atoms with Gasteiger partial charge in [-0.3, -0.25) is 0 Å². The predicted molar refractivity (Wildman–Crippen MR) is 101 cm³/mol. The van der Waals surface area contributed by atoms with E-state index in [9.17, 15) is 9.90 Å². The number of rotatable bonds is 7. The number of methoxy groups -OCH3 is 2. The summed E-state index contributed by atoms with van der Waals surface area (Å²) in [4.78, 5) is 11.5. The molecule has 0 fully saturated rings. The van der Waals surface area contributed by atoms with Gasteiger partial charge in [0.2, 0.25) is 5.89 Å². The van der Waals surface area contributed by atoms with Gasteiger partial charge in [-0.25, -0.2) is 4.79 Å². The highest BCUT2D eigenvalue weighted by molar-refractivity contribution is 9.10. The number of hydrogen-bond acceptors (Lipinski definition) is 8. The molecule has 0 aliphatic heterocycles. The van der Waals surface area contributed by atoms with E-state index in [4.69, 9.17) is 18.3 Å². The molecular formula is C17H13BrN2O6S. The van der Waals surface area contributed by atoms with Crippen LogP contribution in [-0.4, -0.2) is 35.5 Å². The molecule has 0 bridgehead atoms. The van der Waals surface area contributed by atoms with Crippen LogP contribution in [0, 0.1) is 0 Å². The molecule has 0 unspecified atom stereocenters. The van der Waals surface area contributed by atoms with Crippen LogP contribution < -0.4 is 9.47 Å². The van der Waals surface area contributed by atoms with Gasteiger partial charge in [-0.1, -0.05) is 0 Å². The molecule has 0 aliphatic carbocycles. The summed E-state index contributed by atoms with van der Waals surface area (Å²) in [6.45, 7) is 0. The molecular weight excluding hydrogens is 440 g/mol. The van der Waals surface area contributed by atoms with E-state index < -0.39 is 5.97 Å². The molecule has 10 heteroatoms. The van der Waals surface area contributed by atoms with Crippen molar-refractivity contribution in [1.82, 2.24) is 10.2 Å². The minimum absolute atomic E-state index is 0.0322. The SMILES string of the molecule is COc1cc(OC)cc(-c2nnc(S/C(=C\c3ccc(Br)o3)C(=O)O)o2)c1. The van der Waals surface area contributed by atoms with Crippen molar-refractivity contribution in [3.05, 3.63) is 45.7 Å². The van der Waals surface area contributed by atoms with Crippen molar-refractivity contribution in [3.8, 4) is 23.0 Å². The van der Waals surface area contributed by atoms with Crippen molar-refractivity contribution in [2.45, 2.75) is 5.22 Å². The molecule has 27 heavy (non-hydrogen) atoms. The van der Waals surface area contributed by atoms with E-state index in [0.29, 0.717) is 27.5 Å². The first kappa shape index (κ1) is 19.1. The van der Waals surface area contributed by atoms with Gasteiger partial charge in [0.25, 0.3) is 5.22 Å². The molecule has 0 amide bonds. The van der Waals surface area contributed by atoms with Crippen LogP contribution in [0.15, 0.2) is 54.0 Å². The lowest BCUT2D eigenvalue weighted by Crippen LogP contribution is -1.96. The van der Waals surface area contributed by atoms with Gasteiger partial charge in [-0.15, -0.1) is 10.2 Å². The molecule has 3 rings (SSSR count). The van der Waals surface area contributed by atoms with Crippen LogP contribution >= 0.6 is 27.7 Å². The molecule has 140 valence electrons. The maximum atomic E-state index is 11.5. The quantitative estimate of drug-likeness (QED) is 0.413. The van der Waals surface area contributed by atoms with Crippen molar-refractivity contribution >= 4 is 39.7 Å². The minimum Gasteiger partial charge on any atom is -0.497 e. The summed E-state index contributed by atoms with van der Waals surface area (Å²) < 4.78 is 21.8. The van der Waals surface area contributed by atoms with Gasteiger partial charge in [0.05, 0.1) is 14.2 Å². The van der Waals surface area contributed by atoms with Gasteiger partial charge in [0.15, 0.2) is 4.67 Å². The molecule has 0 saturated carbocycles. The second-order valence-corrected chi connectivity index (χ2v) is 6.81. The Kier molecular flexibility index (Phi) is 5.87. The number of hydrogen-bond donors (Lipinski definition) is 1. The predicted octanol–water partition coefficient (Wildman–Crippen LogP) is 4.33. The lowest BCUT2D eigenvalue weighted by Gasteiger charge is -2.05. The standard InChI is InChI=1S/C17H13BrN2O6S/c1-23-11-5-9(6-12(7-11)24-2)15-19-20-17(26-15)27-13(16(21)22)8-10-3-4-14(18)25-10/h3-8H,1-2H3,(H,21,22)/b13-8-. The van der Waals surface area contributed by atoms with Gasteiger partial charge in [-0.05, 0) is 52.0 Å². The summed E-state index contributed by atoms with van der Waals surface area (Å²) in [5.74, 6) is 0.567. The highest BCUT2D eigenvalue weighted by Gasteiger charge is 2.17. The number of ether oxygens (including phenoxy) is 2. The Labute approximate surface area is 166 Å². The number of thioether (sulfide) groups is 1. The van der Waals surface area contributed by atoms with Crippen LogP contribution in [0.2, 0.25) is 0 Å². The Morgan fingerprint density at radius 3 is 2.41 bits per heavy atom. The number of furan rings is 1. The molecule has 2 aromatic heterocycles. The number of aromatic nitrogens is 2. The smallest absolute Gasteiger partial charge is 0.342 e. The highest BCUT2D eigenvalue weighted by atomic mass is 79.9. The molecule has 0 aliphatic rings. The molecule has 2 heterocycles. The Hall–Kier alpha value is -2.72. The van der Waals surface area contributed by atoms with Gasteiger partial charge in [0, 0.05) is 17.7 Å². The van der Waals surface area contributed by atoms with Crippen molar-refractivity contribution in [2.24, 2.45) is 0 Å². The summed E-state index contributed by atoms with van der Waals surface area (Å²) in [5, 5.41) is 17.3. The number of nitrogens with zero attached hydrogens (tertiary/aromatic N) is 2. The Bertz CT molecular complexity index is 975. The van der Waals surface area contributed by atoms with E-state index in [0.717, 1.165) is 11.8 Å². The third-order valence-electron chi connectivity index (χ3n) is 3.28. The first-order chi connectivity index (χ1) is 13.0. The van der Waals surface area contributed by atoms with Crippen molar-refractivity contribution in [1.29, 1.82) is 0 Å². The van der Waals surface area contributed by atoms with Crippen LogP contribution in [0.3, 0.4) is 0 Å². The third-order valence-corrected chi connectivity index (χ3v) is 4.56. The first-order valence-electron chi connectivity index (χ1n) is 7.43. The Morgan fingerprint density at radius 1 is 1.15 bits per heavy atom. The number of carboxylic acids is 1. The fourth-order valence-corrected chi connectivity index (χ4v) is 3.03. The summed E-state index contributed by atoms with van der Waals surface area (Å²) in [6, 6.07) is 8.42. The topological polar surface area (TPSA) is 108 Å². The van der Waals surface area contributed by atoms with Crippen LogP contribution in [0.4, 0.5) is 0 Å². The minimum atomic E-state index is -1.14. The van der Waals surface area contributed by atoms with Crippen molar-refractivity contribution in [3.63, 3.8) is 0 Å². The number of aliphatic carboxylic acids is 1. The van der Waals surface area contributed by atoms with Gasteiger partial charge >= 0.3 is 5.97 Å². The molecule has 0 spiro atoms. The summed E-state index contributed by atoms with van der Waals surface area (Å²) in [5.41, 5.74) is 0.585. The zero-order valence-corrected chi connectivity index (χ0v) is 16.5. The molecule has 3 aromatic rings. The van der Waals surface area contributed by atoms with E-state index in [-0.39, 0.29) is 16.0 Å². The number of carboxylic acid groups (broad SMARTS) is 1. The third kappa shape index (κ3) is 4.72. The zero-order valence-electron chi connectivity index (χ0n) is 14.1. The summed E-state index contributed by atoms with van der Waals surface area (Å²) >= 11 is 3.99. The van der Waals surface area contributed by atoms with Crippen molar-refractivity contribution in [2.75, 3.05) is 14.2 Å². The lowest BCUT2D eigenvalue weighted by molar-refractivity contribution is -0.131. The van der Waals surface area contributed by atoms with Crippen LogP contribution in [0.5, 0.6) is 11.5 Å². The number of carbonyl (C=O) groups is 1. The van der Waals surface area contributed by atoms with Crippen molar-refractivity contribution < 1.29 is 28.2 Å². The molecule has 1 N–H and O–H groups in total. The normalized spacial score (nSPS) is 11.4. The van der Waals surface area contributed by atoms with Gasteiger partial charge in [0.1, 0.15) is 22.2 Å². The largest absolute Gasteiger partial charge is 0.497 e. The second-order valence-electron chi connectivity index (χ2n) is 5.03. The van der Waals surface area contributed by atoms with E-state index in [2.05, 4.69) is 26.1 Å². The van der Waals surface area contributed by atoms with E-state index >= 15 is 0 Å². The second kappa shape index (κ2) is 8.31. The molecule has 0 atom stereocenters. The van der Waals surface area contributed by atoms with E-state index in [1.165, 1.54) is 20.3 Å². The first-order valence-corrected chi connectivity index (χ1v) is 9.04. The molecule has 8 nitrogen and oxygen atoms in total. The number of halogens is 1. The Morgan fingerprint density at radius 2 is 1.85 bits per heavy atom. The average molecular weight is 453 g/mol. The van der Waals surface area contributed by atoms with Gasteiger partial charge < -0.3 is 23.4 Å². The monoisotopic (exact) mass is 452 g/mol. The highest BCUT2D eigenvalue weighted by Crippen LogP contribution is 2.33. The summed E-state index contributed by atoms with van der Waals surface area (Å²) in [7, 11) is 3.06. The van der Waals surface area contributed by atoms with Gasteiger partial charge in [-0.2, -0.15) is 0 Å². The van der Waals surface area contributed by atoms with E-state index in [1.807, 2.05) is 0 Å². The van der Waals surface area contributed by atoms with E-state index in [1.54, 1.807) is 30.3 Å². The maximum absolute atomic E-state index is 11.5. The number of benzene rings is 1. The van der Waals surface area contributed by atoms with Crippen LogP contribution in [0.25, 0.3) is 17.5 Å².